The molecule has 0 amide bonds. The second-order valence-electron chi connectivity index (χ2n) is 5.21. The van der Waals surface area contributed by atoms with Gasteiger partial charge in [0.1, 0.15) is 18.3 Å². The van der Waals surface area contributed by atoms with Crippen molar-refractivity contribution >= 4 is 7.82 Å². The highest BCUT2D eigenvalue weighted by Gasteiger charge is 2.50. The van der Waals surface area contributed by atoms with Gasteiger partial charge in [-0.3, -0.25) is 18.9 Å². The molecule has 11 nitrogen and oxygen atoms in total. The Balaban J connectivity index is 2.35. The highest BCUT2D eigenvalue weighted by molar-refractivity contribution is 7.46. The average molecular weight is 366 g/mol. The summed E-state index contributed by atoms with van der Waals surface area (Å²) in [4.78, 5) is 43.2. The number of aromatic amines is 1. The van der Waals surface area contributed by atoms with Crippen LogP contribution in [-0.2, 0) is 23.3 Å². The third kappa shape index (κ3) is 4.01. The van der Waals surface area contributed by atoms with Gasteiger partial charge in [-0.1, -0.05) is 0 Å². The Morgan fingerprint density at radius 2 is 1.92 bits per heavy atom. The Bertz CT molecular complexity index is 726. The number of nitrogens with one attached hydrogen (secondary N) is 1. The van der Waals surface area contributed by atoms with E-state index in [0.29, 0.717) is 0 Å². The lowest BCUT2D eigenvalue weighted by atomic mass is 10.1. The molecule has 3 unspecified atom stereocenters. The first-order valence-corrected chi connectivity index (χ1v) is 8.47. The molecule has 2 heterocycles. The SMILES string of the molecule is COC1C(OC)[C@H](n2ccc(=O)[nH]c2=O)O[C@@H]1C(C)OP(=O)(O)O. The molecule has 0 aromatic carbocycles. The van der Waals surface area contributed by atoms with Crippen LogP contribution in [0.2, 0.25) is 0 Å². The van der Waals surface area contributed by atoms with Gasteiger partial charge in [-0.2, -0.15) is 0 Å². The fourth-order valence-electron chi connectivity index (χ4n) is 2.69. The highest BCUT2D eigenvalue weighted by Crippen LogP contribution is 2.42. The van der Waals surface area contributed by atoms with Crippen LogP contribution >= 0.6 is 7.82 Å². The van der Waals surface area contributed by atoms with E-state index in [2.05, 4.69) is 9.51 Å². The maximum Gasteiger partial charge on any atom is 0.469 e. The molecule has 1 aliphatic rings. The molecule has 24 heavy (non-hydrogen) atoms. The molecule has 0 spiro atoms. The van der Waals surface area contributed by atoms with E-state index >= 15 is 0 Å². The molecule has 1 saturated heterocycles. The number of hydrogen-bond donors (Lipinski definition) is 3. The zero-order valence-corrected chi connectivity index (χ0v) is 14.1. The number of rotatable bonds is 6. The summed E-state index contributed by atoms with van der Waals surface area (Å²) >= 11 is 0. The van der Waals surface area contributed by atoms with Crippen LogP contribution in [0.3, 0.4) is 0 Å². The Labute approximate surface area is 136 Å². The highest BCUT2D eigenvalue weighted by atomic mass is 31.2. The van der Waals surface area contributed by atoms with Crippen LogP contribution in [-0.4, -0.2) is 58.0 Å². The molecular weight excluding hydrogens is 347 g/mol. The molecule has 12 heteroatoms. The zero-order valence-electron chi connectivity index (χ0n) is 13.2. The molecule has 1 aromatic heterocycles. The standard InChI is InChI=1S/C12H19N2O9P/c1-6(23-24(17,18)19)8-9(20-2)10(21-3)11(22-8)14-5-4-7(15)13-12(14)16/h4-6,8-11H,1-3H3,(H,13,15,16)(H2,17,18,19)/t6?,8-,9?,10?,11-/m1/s1. The largest absolute Gasteiger partial charge is 0.469 e. The smallest absolute Gasteiger partial charge is 0.376 e. The van der Waals surface area contributed by atoms with Crippen molar-refractivity contribution < 1.29 is 33.1 Å². The molecule has 0 aliphatic carbocycles. The Kier molecular flexibility index (Phi) is 5.76. The third-order valence-corrected chi connectivity index (χ3v) is 4.27. The van der Waals surface area contributed by atoms with Gasteiger partial charge in [-0.05, 0) is 6.92 Å². The van der Waals surface area contributed by atoms with Crippen molar-refractivity contribution in [3.8, 4) is 0 Å². The topological polar surface area (TPSA) is 149 Å². The molecule has 1 aromatic rings. The van der Waals surface area contributed by atoms with E-state index in [1.165, 1.54) is 27.3 Å². The fourth-order valence-corrected chi connectivity index (χ4v) is 3.24. The van der Waals surface area contributed by atoms with Crippen molar-refractivity contribution in [2.24, 2.45) is 0 Å². The van der Waals surface area contributed by atoms with Gasteiger partial charge in [0.15, 0.2) is 6.23 Å². The van der Waals surface area contributed by atoms with Gasteiger partial charge >= 0.3 is 13.5 Å². The van der Waals surface area contributed by atoms with Gasteiger partial charge in [0, 0.05) is 26.5 Å². The van der Waals surface area contributed by atoms with E-state index in [9.17, 15) is 14.2 Å². The number of phosphoric ester groups is 1. The van der Waals surface area contributed by atoms with Crippen LogP contribution < -0.4 is 11.2 Å². The van der Waals surface area contributed by atoms with Gasteiger partial charge in [0.05, 0.1) is 6.10 Å². The second-order valence-corrected chi connectivity index (χ2v) is 6.40. The first-order valence-electron chi connectivity index (χ1n) is 6.94. The van der Waals surface area contributed by atoms with Crippen molar-refractivity contribution in [1.82, 2.24) is 9.55 Å². The number of methoxy groups -OCH3 is 2. The van der Waals surface area contributed by atoms with E-state index in [0.717, 1.165) is 10.6 Å². The van der Waals surface area contributed by atoms with Crippen LogP contribution in [0.5, 0.6) is 0 Å². The Morgan fingerprint density at radius 1 is 1.29 bits per heavy atom. The lowest BCUT2D eigenvalue weighted by molar-refractivity contribution is -0.0832. The minimum absolute atomic E-state index is 0.568. The lowest BCUT2D eigenvalue weighted by Gasteiger charge is -2.25. The van der Waals surface area contributed by atoms with Crippen molar-refractivity contribution in [2.45, 2.75) is 37.6 Å². The molecule has 1 aliphatic heterocycles. The Hall–Kier alpha value is -1.33. The molecular formula is C12H19N2O9P. The summed E-state index contributed by atoms with van der Waals surface area (Å²) in [5, 5.41) is 0. The first-order chi connectivity index (χ1) is 11.2. The van der Waals surface area contributed by atoms with Crippen LogP contribution in [0.1, 0.15) is 13.2 Å². The van der Waals surface area contributed by atoms with Crippen molar-refractivity contribution in [1.29, 1.82) is 0 Å². The molecule has 3 N–H and O–H groups in total. The number of phosphoric acid groups is 1. The van der Waals surface area contributed by atoms with E-state index in [1.54, 1.807) is 0 Å². The molecule has 0 saturated carbocycles. The van der Waals surface area contributed by atoms with Crippen LogP contribution in [0, 0.1) is 0 Å². The monoisotopic (exact) mass is 366 g/mol. The predicted octanol–water partition coefficient (Wildman–Crippen LogP) is -1.04. The van der Waals surface area contributed by atoms with Crippen molar-refractivity contribution in [3.05, 3.63) is 33.1 Å². The van der Waals surface area contributed by atoms with Crippen molar-refractivity contribution in [3.63, 3.8) is 0 Å². The third-order valence-electron chi connectivity index (χ3n) is 3.66. The number of H-pyrrole nitrogens is 1. The summed E-state index contributed by atoms with van der Waals surface area (Å²) in [6, 6.07) is 1.14. The van der Waals surface area contributed by atoms with Gasteiger partial charge < -0.3 is 24.0 Å². The maximum absolute atomic E-state index is 12.0. The van der Waals surface area contributed by atoms with Crippen molar-refractivity contribution in [2.75, 3.05) is 14.2 Å². The van der Waals surface area contributed by atoms with E-state index in [1.807, 2.05) is 0 Å². The van der Waals surface area contributed by atoms with Crippen LogP contribution in [0.25, 0.3) is 0 Å². The lowest BCUT2D eigenvalue weighted by Crippen LogP contribution is -2.41. The molecule has 0 radical (unpaired) electrons. The molecule has 0 bridgehead atoms. The molecule has 1 fully saturated rings. The van der Waals surface area contributed by atoms with Gasteiger partial charge in [-0.15, -0.1) is 0 Å². The number of hydrogen-bond acceptors (Lipinski definition) is 7. The van der Waals surface area contributed by atoms with Gasteiger partial charge in [0.2, 0.25) is 0 Å². The van der Waals surface area contributed by atoms with E-state index in [4.69, 9.17) is 24.0 Å². The quantitative estimate of drug-likeness (QED) is 0.537. The normalized spacial score (nSPS) is 28.9. The summed E-state index contributed by atoms with van der Waals surface area (Å²) in [5.41, 5.74) is -1.28. The summed E-state index contributed by atoms with van der Waals surface area (Å²) in [7, 11) is -1.99. The van der Waals surface area contributed by atoms with E-state index < -0.39 is 49.7 Å². The Morgan fingerprint density at radius 3 is 2.42 bits per heavy atom. The van der Waals surface area contributed by atoms with Gasteiger partial charge in [-0.25, -0.2) is 9.36 Å². The summed E-state index contributed by atoms with van der Waals surface area (Å²) in [5.74, 6) is 0. The van der Waals surface area contributed by atoms with E-state index in [-0.39, 0.29) is 0 Å². The maximum atomic E-state index is 12.0. The van der Waals surface area contributed by atoms with Gasteiger partial charge in [0.25, 0.3) is 5.56 Å². The summed E-state index contributed by atoms with van der Waals surface area (Å²) < 4.78 is 33.1. The molecule has 5 atom stereocenters. The zero-order chi connectivity index (χ0) is 18.1. The number of aromatic nitrogens is 2. The summed E-state index contributed by atoms with van der Waals surface area (Å²) in [6.07, 6.45) is -3.24. The minimum Gasteiger partial charge on any atom is -0.376 e. The first kappa shape index (κ1) is 19.0. The van der Waals surface area contributed by atoms with Crippen LogP contribution in [0.4, 0.5) is 0 Å². The number of ether oxygens (including phenoxy) is 3. The predicted molar refractivity (Wildman–Crippen MR) is 79.4 cm³/mol. The second kappa shape index (κ2) is 7.28. The number of nitrogens with zero attached hydrogens (tertiary/aromatic N) is 1. The molecule has 136 valence electrons. The van der Waals surface area contributed by atoms with Crippen LogP contribution in [0.15, 0.2) is 21.9 Å². The average Bonchev–Trinajstić information content (AvgIpc) is 2.83. The minimum atomic E-state index is -4.74. The molecule has 2 rings (SSSR count). The summed E-state index contributed by atoms with van der Waals surface area (Å²) in [6.45, 7) is 1.40. The fraction of sp³-hybridized carbons (Fsp3) is 0.667.